The molecule has 2 aromatic rings. The summed E-state index contributed by atoms with van der Waals surface area (Å²) >= 11 is 0. The lowest BCUT2D eigenvalue weighted by molar-refractivity contribution is -0.112. The van der Waals surface area contributed by atoms with Crippen LogP contribution in [0.2, 0.25) is 0 Å². The summed E-state index contributed by atoms with van der Waals surface area (Å²) in [5.74, 6) is 0.0283. The van der Waals surface area contributed by atoms with E-state index in [2.05, 4.69) is 63.2 Å². The van der Waals surface area contributed by atoms with Gasteiger partial charge in [-0.3, -0.25) is 4.79 Å². The molecule has 0 radical (unpaired) electrons. The molecule has 2 aromatic carbocycles. The first kappa shape index (κ1) is 21.6. The zero-order valence-electron chi connectivity index (χ0n) is 18.8. The fraction of sp³-hybridized carbons (Fsp3) is 0.385. The third-order valence-corrected chi connectivity index (χ3v) is 6.31. The molecular formula is C26H31N3O. The Morgan fingerprint density at radius 1 is 1.30 bits per heavy atom. The molecule has 1 N–H and O–H groups in total. The third kappa shape index (κ3) is 4.26. The van der Waals surface area contributed by atoms with E-state index >= 15 is 0 Å². The summed E-state index contributed by atoms with van der Waals surface area (Å²) in [6.07, 6.45) is 3.71. The molecule has 1 aliphatic heterocycles. The molecule has 0 saturated heterocycles. The zero-order chi connectivity index (χ0) is 22.1. The molecule has 1 heterocycles. The number of amides is 1. The average Bonchev–Trinajstić information content (AvgIpc) is 2.71. The van der Waals surface area contributed by atoms with Crippen molar-refractivity contribution < 1.29 is 4.79 Å². The highest BCUT2D eigenvalue weighted by Crippen LogP contribution is 2.43. The first-order chi connectivity index (χ1) is 14.2. The summed E-state index contributed by atoms with van der Waals surface area (Å²) < 4.78 is 0. The molecule has 0 spiro atoms. The molecule has 0 aromatic heterocycles. The average molecular weight is 402 g/mol. The molecule has 0 aliphatic carbocycles. The number of anilines is 2. The van der Waals surface area contributed by atoms with Crippen LogP contribution in [0.1, 0.15) is 62.3 Å². The van der Waals surface area contributed by atoms with Gasteiger partial charge in [-0.15, -0.1) is 0 Å². The van der Waals surface area contributed by atoms with E-state index in [4.69, 9.17) is 0 Å². The van der Waals surface area contributed by atoms with Gasteiger partial charge in [-0.2, -0.15) is 5.26 Å². The van der Waals surface area contributed by atoms with Gasteiger partial charge in [-0.25, -0.2) is 0 Å². The number of hydrogen-bond acceptors (Lipinski definition) is 3. The number of fused-ring (bicyclic) bond motifs is 1. The second-order valence-electron chi connectivity index (χ2n) is 8.92. The molecule has 1 amide bonds. The number of nitrogens with one attached hydrogen (secondary N) is 1. The summed E-state index contributed by atoms with van der Waals surface area (Å²) in [6, 6.07) is 14.1. The van der Waals surface area contributed by atoms with Crippen LogP contribution in [-0.4, -0.2) is 18.5 Å². The SMILES string of the molecule is CCc1ccc(NC(=O)/C(C#N)=C/c2cc3c(cc2C)N(C)C(C)(C)CC3C)cc1. The van der Waals surface area contributed by atoms with E-state index in [0.717, 1.165) is 24.0 Å². The lowest BCUT2D eigenvalue weighted by atomic mass is 9.79. The van der Waals surface area contributed by atoms with Crippen LogP contribution in [0.25, 0.3) is 6.08 Å². The van der Waals surface area contributed by atoms with Crippen LogP contribution in [0.4, 0.5) is 11.4 Å². The molecule has 3 rings (SSSR count). The standard InChI is InChI=1S/C26H31N3O/c1-7-19-8-10-22(11-9-19)28-25(30)21(16-27)13-20-14-23-18(3)15-26(4,5)29(6)24(23)12-17(20)2/h8-14,18H,7,15H2,1-6H3,(H,28,30)/b21-13+. The van der Waals surface area contributed by atoms with Crippen molar-refractivity contribution in [2.45, 2.75) is 58.9 Å². The quantitative estimate of drug-likeness (QED) is 0.518. The zero-order valence-corrected chi connectivity index (χ0v) is 18.8. The smallest absolute Gasteiger partial charge is 0.266 e. The molecule has 1 aliphatic rings. The van der Waals surface area contributed by atoms with E-state index in [-0.39, 0.29) is 17.0 Å². The van der Waals surface area contributed by atoms with Crippen molar-refractivity contribution >= 4 is 23.4 Å². The van der Waals surface area contributed by atoms with E-state index in [1.54, 1.807) is 6.08 Å². The first-order valence-electron chi connectivity index (χ1n) is 10.6. The van der Waals surface area contributed by atoms with E-state index in [0.29, 0.717) is 11.6 Å². The van der Waals surface area contributed by atoms with Crippen molar-refractivity contribution in [3.63, 3.8) is 0 Å². The highest BCUT2D eigenvalue weighted by molar-refractivity contribution is 6.09. The van der Waals surface area contributed by atoms with E-state index in [1.165, 1.54) is 16.8 Å². The van der Waals surface area contributed by atoms with Gasteiger partial charge in [0, 0.05) is 24.0 Å². The van der Waals surface area contributed by atoms with Gasteiger partial charge in [0.05, 0.1) is 0 Å². The molecule has 156 valence electrons. The number of aryl methyl sites for hydroxylation is 2. The predicted molar refractivity (Wildman–Crippen MR) is 125 cm³/mol. The molecule has 4 nitrogen and oxygen atoms in total. The van der Waals surface area contributed by atoms with Gasteiger partial charge in [0.15, 0.2) is 0 Å². The lowest BCUT2D eigenvalue weighted by Crippen LogP contribution is -2.45. The van der Waals surface area contributed by atoms with Gasteiger partial charge >= 0.3 is 0 Å². The van der Waals surface area contributed by atoms with Crippen molar-refractivity contribution in [1.82, 2.24) is 0 Å². The minimum absolute atomic E-state index is 0.0985. The maximum atomic E-state index is 12.7. The molecule has 4 heteroatoms. The Bertz CT molecular complexity index is 1030. The van der Waals surface area contributed by atoms with Crippen LogP contribution in [0, 0.1) is 18.3 Å². The molecule has 1 atom stereocenters. The molecule has 0 fully saturated rings. The Hall–Kier alpha value is -3.06. The summed E-state index contributed by atoms with van der Waals surface area (Å²) in [5, 5.41) is 12.5. The van der Waals surface area contributed by atoms with Crippen LogP contribution in [-0.2, 0) is 11.2 Å². The van der Waals surface area contributed by atoms with Gasteiger partial charge in [0.1, 0.15) is 11.6 Å². The number of benzene rings is 2. The molecule has 1 unspecified atom stereocenters. The van der Waals surface area contributed by atoms with Gasteiger partial charge < -0.3 is 10.2 Å². The summed E-state index contributed by atoms with van der Waals surface area (Å²) in [5.41, 5.74) is 6.57. The van der Waals surface area contributed by atoms with E-state index < -0.39 is 0 Å². The first-order valence-corrected chi connectivity index (χ1v) is 10.6. The second kappa shape index (κ2) is 8.36. The Morgan fingerprint density at radius 3 is 2.57 bits per heavy atom. The van der Waals surface area contributed by atoms with Crippen LogP contribution in [0.15, 0.2) is 42.0 Å². The number of hydrogen-bond donors (Lipinski definition) is 1. The topological polar surface area (TPSA) is 56.1 Å². The van der Waals surface area contributed by atoms with Crippen molar-refractivity contribution in [2.24, 2.45) is 0 Å². The third-order valence-electron chi connectivity index (χ3n) is 6.31. The molecule has 0 saturated carbocycles. The van der Waals surface area contributed by atoms with Crippen molar-refractivity contribution in [3.8, 4) is 6.07 Å². The number of rotatable bonds is 4. The number of carbonyl (C=O) groups is 1. The van der Waals surface area contributed by atoms with Gasteiger partial charge in [0.25, 0.3) is 5.91 Å². The lowest BCUT2D eigenvalue weighted by Gasteiger charge is -2.45. The van der Waals surface area contributed by atoms with Crippen molar-refractivity contribution in [2.75, 3.05) is 17.3 Å². The van der Waals surface area contributed by atoms with E-state index in [1.807, 2.05) is 31.2 Å². The minimum atomic E-state index is -0.384. The number of nitrogens with zero attached hydrogens (tertiary/aromatic N) is 2. The van der Waals surface area contributed by atoms with Gasteiger partial charge in [0.2, 0.25) is 0 Å². The summed E-state index contributed by atoms with van der Waals surface area (Å²) in [6.45, 7) is 10.9. The predicted octanol–water partition coefficient (Wildman–Crippen LogP) is 5.83. The minimum Gasteiger partial charge on any atom is -0.369 e. The van der Waals surface area contributed by atoms with Gasteiger partial charge in [-0.1, -0.05) is 26.0 Å². The fourth-order valence-corrected chi connectivity index (χ4v) is 4.22. The molecular weight excluding hydrogens is 370 g/mol. The van der Waals surface area contributed by atoms with Crippen LogP contribution in [0.3, 0.4) is 0 Å². The Balaban J connectivity index is 1.91. The van der Waals surface area contributed by atoms with E-state index in [9.17, 15) is 10.1 Å². The number of nitriles is 1. The highest BCUT2D eigenvalue weighted by Gasteiger charge is 2.34. The normalized spacial score (nSPS) is 17.8. The maximum Gasteiger partial charge on any atom is 0.266 e. The summed E-state index contributed by atoms with van der Waals surface area (Å²) in [7, 11) is 2.14. The monoisotopic (exact) mass is 401 g/mol. The second-order valence-corrected chi connectivity index (χ2v) is 8.92. The highest BCUT2D eigenvalue weighted by atomic mass is 16.1. The fourth-order valence-electron chi connectivity index (χ4n) is 4.22. The Kier molecular flexibility index (Phi) is 6.03. The van der Waals surface area contributed by atoms with Crippen LogP contribution >= 0.6 is 0 Å². The van der Waals surface area contributed by atoms with Gasteiger partial charge in [-0.05, 0) is 92.1 Å². The van der Waals surface area contributed by atoms with Crippen LogP contribution in [0.5, 0.6) is 0 Å². The number of carbonyl (C=O) groups excluding carboxylic acids is 1. The van der Waals surface area contributed by atoms with Crippen molar-refractivity contribution in [1.29, 1.82) is 5.26 Å². The van der Waals surface area contributed by atoms with Crippen molar-refractivity contribution in [3.05, 3.63) is 64.2 Å². The Morgan fingerprint density at radius 2 is 1.97 bits per heavy atom. The summed E-state index contributed by atoms with van der Waals surface area (Å²) in [4.78, 5) is 15.0. The largest absolute Gasteiger partial charge is 0.369 e. The molecule has 0 bridgehead atoms. The molecule has 30 heavy (non-hydrogen) atoms. The van der Waals surface area contributed by atoms with Crippen LogP contribution < -0.4 is 10.2 Å². The Labute approximate surface area is 180 Å². The maximum absolute atomic E-state index is 12.7.